The molecule has 1 saturated carbocycles. The lowest BCUT2D eigenvalue weighted by Gasteiger charge is -2.51. The number of carboxylic acid groups (broad SMARTS) is 2. The largest absolute Gasteiger partial charge is 0.480 e. The molecule has 7 heteroatoms. The molecule has 3 rings (SSSR count). The molecule has 4 N–H and O–H groups in total. The first-order valence-electron chi connectivity index (χ1n) is 9.41. The van der Waals surface area contributed by atoms with Crippen LogP contribution in [0, 0.1) is 0 Å². The third-order valence-electron chi connectivity index (χ3n) is 5.95. The summed E-state index contributed by atoms with van der Waals surface area (Å²) in [6.45, 7) is 1.56. The molecule has 0 amide bonds. The second-order valence-corrected chi connectivity index (χ2v) is 7.66. The van der Waals surface area contributed by atoms with Crippen LogP contribution in [0.25, 0.3) is 0 Å². The molecule has 1 aliphatic heterocycles. The smallest absolute Gasteiger partial charge is 0.324 e. The van der Waals surface area contributed by atoms with Gasteiger partial charge in [0.1, 0.15) is 11.6 Å². The molecule has 1 heterocycles. The van der Waals surface area contributed by atoms with E-state index in [-0.39, 0.29) is 12.2 Å². The fourth-order valence-corrected chi connectivity index (χ4v) is 4.63. The zero-order chi connectivity index (χ0) is 19.8. The molecule has 3 unspecified atom stereocenters. The van der Waals surface area contributed by atoms with Gasteiger partial charge in [-0.3, -0.25) is 19.3 Å². The van der Waals surface area contributed by atoms with Gasteiger partial charge in [-0.15, -0.1) is 0 Å². The van der Waals surface area contributed by atoms with Crippen molar-refractivity contribution in [2.75, 3.05) is 0 Å². The van der Waals surface area contributed by atoms with Gasteiger partial charge in [0.2, 0.25) is 0 Å². The van der Waals surface area contributed by atoms with Crippen LogP contribution in [-0.2, 0) is 20.8 Å². The van der Waals surface area contributed by atoms with E-state index in [2.05, 4.69) is 0 Å². The first kappa shape index (κ1) is 19.5. The summed E-state index contributed by atoms with van der Waals surface area (Å²) in [5, 5.41) is 20.1. The highest BCUT2D eigenvalue weighted by Crippen LogP contribution is 2.45. The number of nitrogens with zero attached hydrogens (tertiary/aromatic N) is 1. The summed E-state index contributed by atoms with van der Waals surface area (Å²) in [5.74, 6) is -2.52. The third-order valence-corrected chi connectivity index (χ3v) is 5.95. The van der Waals surface area contributed by atoms with Crippen molar-refractivity contribution in [1.29, 1.82) is 0 Å². The number of carboxylic acids is 2. The summed E-state index contributed by atoms with van der Waals surface area (Å²) in [6, 6.07) is 4.30. The molecule has 0 bridgehead atoms. The zero-order valence-corrected chi connectivity index (χ0v) is 15.4. The lowest BCUT2D eigenvalue weighted by atomic mass is 9.74. The summed E-state index contributed by atoms with van der Waals surface area (Å²) >= 11 is 0. The summed E-state index contributed by atoms with van der Waals surface area (Å²) in [7, 11) is 0. The lowest BCUT2D eigenvalue weighted by Crippen LogP contribution is -2.66. The monoisotopic (exact) mass is 374 g/mol. The summed E-state index contributed by atoms with van der Waals surface area (Å²) in [4.78, 5) is 39.1. The molecule has 1 aromatic rings. The minimum absolute atomic E-state index is 0.170. The van der Waals surface area contributed by atoms with Gasteiger partial charge in [-0.2, -0.15) is 0 Å². The normalized spacial score (nSPS) is 26.0. The van der Waals surface area contributed by atoms with Crippen molar-refractivity contribution in [3.05, 3.63) is 35.4 Å². The van der Waals surface area contributed by atoms with Crippen LogP contribution in [-0.4, -0.2) is 50.5 Å². The molecule has 2 aliphatic rings. The van der Waals surface area contributed by atoms with Gasteiger partial charge in [0.25, 0.3) is 0 Å². The summed E-state index contributed by atoms with van der Waals surface area (Å²) < 4.78 is 0. The molecule has 0 saturated heterocycles. The van der Waals surface area contributed by atoms with E-state index in [1.165, 1.54) is 4.90 Å². The molecule has 3 atom stereocenters. The van der Waals surface area contributed by atoms with Crippen molar-refractivity contribution in [3.63, 3.8) is 0 Å². The number of Topliss-reactive ketones (excluding diaryl/α,β-unsaturated/α-hetero) is 1. The van der Waals surface area contributed by atoms with Crippen molar-refractivity contribution in [3.8, 4) is 0 Å². The number of rotatable bonds is 5. The van der Waals surface area contributed by atoms with Gasteiger partial charge in [-0.05, 0) is 37.3 Å². The Hall–Kier alpha value is -2.25. The van der Waals surface area contributed by atoms with Crippen LogP contribution in [0.5, 0.6) is 0 Å². The molecule has 1 fully saturated rings. The fourth-order valence-electron chi connectivity index (χ4n) is 4.63. The lowest BCUT2D eigenvalue weighted by molar-refractivity contribution is -0.169. The predicted molar refractivity (Wildman–Crippen MR) is 98.3 cm³/mol. The number of fused-ring (bicyclic) bond motifs is 1. The Morgan fingerprint density at radius 2 is 1.78 bits per heavy atom. The Morgan fingerprint density at radius 1 is 1.15 bits per heavy atom. The summed E-state index contributed by atoms with van der Waals surface area (Å²) in [6.07, 6.45) is 3.12. The van der Waals surface area contributed by atoms with E-state index >= 15 is 0 Å². The van der Waals surface area contributed by atoms with Crippen LogP contribution >= 0.6 is 0 Å². The van der Waals surface area contributed by atoms with E-state index in [9.17, 15) is 24.6 Å². The van der Waals surface area contributed by atoms with Gasteiger partial charge in [0, 0.05) is 0 Å². The Bertz CT molecular complexity index is 754. The molecular weight excluding hydrogens is 348 g/mol. The molecule has 146 valence electrons. The number of benzene rings is 1. The molecule has 1 aliphatic carbocycles. The fraction of sp³-hybridized carbons (Fsp3) is 0.550. The van der Waals surface area contributed by atoms with Gasteiger partial charge in [-0.1, -0.05) is 43.5 Å². The van der Waals surface area contributed by atoms with Crippen LogP contribution in [0.1, 0.15) is 56.2 Å². The Kier molecular flexibility index (Phi) is 5.35. The minimum atomic E-state index is -1.37. The van der Waals surface area contributed by atoms with Crippen LogP contribution < -0.4 is 5.73 Å². The number of hydrogen-bond donors (Lipinski definition) is 3. The van der Waals surface area contributed by atoms with Gasteiger partial charge in [0.15, 0.2) is 5.78 Å². The van der Waals surface area contributed by atoms with E-state index in [1.54, 1.807) is 31.2 Å². The van der Waals surface area contributed by atoms with Gasteiger partial charge in [-0.25, -0.2) is 0 Å². The molecule has 27 heavy (non-hydrogen) atoms. The average Bonchev–Trinajstić information content (AvgIpc) is 2.66. The molecule has 0 radical (unpaired) electrons. The zero-order valence-electron chi connectivity index (χ0n) is 15.4. The van der Waals surface area contributed by atoms with Crippen LogP contribution in [0.2, 0.25) is 0 Å². The molecule has 0 spiro atoms. The predicted octanol–water partition coefficient (Wildman–Crippen LogP) is 1.74. The number of carbonyl (C=O) groups excluding carboxylic acids is 1. The number of hydrogen-bond acceptors (Lipinski definition) is 5. The average molecular weight is 374 g/mol. The van der Waals surface area contributed by atoms with Crippen molar-refractivity contribution in [2.24, 2.45) is 5.73 Å². The van der Waals surface area contributed by atoms with Gasteiger partial charge in [0.05, 0.1) is 12.1 Å². The Morgan fingerprint density at radius 3 is 2.33 bits per heavy atom. The summed E-state index contributed by atoms with van der Waals surface area (Å²) in [5.41, 5.74) is 5.94. The van der Waals surface area contributed by atoms with Crippen LogP contribution in [0.3, 0.4) is 0 Å². The quantitative estimate of drug-likeness (QED) is 0.718. The Labute approximate surface area is 158 Å². The molecule has 0 aromatic heterocycles. The highest BCUT2D eigenvalue weighted by Gasteiger charge is 2.56. The Balaban J connectivity index is 2.23. The molecule has 1 aromatic carbocycles. The van der Waals surface area contributed by atoms with Crippen molar-refractivity contribution < 1.29 is 24.6 Å². The number of nitrogens with two attached hydrogens (primary N) is 1. The van der Waals surface area contributed by atoms with E-state index in [0.717, 1.165) is 12.0 Å². The highest BCUT2D eigenvalue weighted by atomic mass is 16.4. The van der Waals surface area contributed by atoms with Crippen LogP contribution in [0.4, 0.5) is 0 Å². The second-order valence-electron chi connectivity index (χ2n) is 7.66. The van der Waals surface area contributed by atoms with E-state index in [1.807, 2.05) is 0 Å². The van der Waals surface area contributed by atoms with E-state index in [4.69, 9.17) is 5.73 Å². The van der Waals surface area contributed by atoms with E-state index < -0.39 is 35.6 Å². The topological polar surface area (TPSA) is 121 Å². The van der Waals surface area contributed by atoms with Gasteiger partial charge < -0.3 is 15.9 Å². The van der Waals surface area contributed by atoms with Gasteiger partial charge >= 0.3 is 11.9 Å². The number of ketones is 1. The maximum Gasteiger partial charge on any atom is 0.324 e. The molecule has 7 nitrogen and oxygen atoms in total. The number of aliphatic carboxylic acids is 2. The first-order valence-corrected chi connectivity index (χ1v) is 9.41. The maximum absolute atomic E-state index is 13.1. The number of carbonyl (C=O) groups is 3. The van der Waals surface area contributed by atoms with Crippen molar-refractivity contribution in [1.82, 2.24) is 4.90 Å². The first-order chi connectivity index (χ1) is 12.8. The molecular formula is C20H26N2O5. The highest BCUT2D eigenvalue weighted by molar-refractivity contribution is 5.93. The maximum atomic E-state index is 13.1. The standard InChI is InChI=1S/C20H26N2O5/c1-12(21)17(23)16-14-8-4-3-7-13(14)11-15(18(24)25)22(16)20(19(26)27)9-5-2-6-10-20/h3-4,7-8,12,15-16H,2,5-6,9-11,21H2,1H3,(H,24,25)(H,26,27). The SMILES string of the molecule is CC(N)C(=O)C1c2ccccc2CC(C(=O)O)N1C1(C(=O)O)CCCCC1. The minimum Gasteiger partial charge on any atom is -0.480 e. The van der Waals surface area contributed by atoms with Crippen molar-refractivity contribution >= 4 is 17.7 Å². The third kappa shape index (κ3) is 3.26. The van der Waals surface area contributed by atoms with Crippen molar-refractivity contribution in [2.45, 2.75) is 69.1 Å². The van der Waals surface area contributed by atoms with Crippen LogP contribution in [0.15, 0.2) is 24.3 Å². The second kappa shape index (κ2) is 7.40. The van der Waals surface area contributed by atoms with E-state index in [0.29, 0.717) is 31.2 Å².